The van der Waals surface area contributed by atoms with Crippen LogP contribution in [-0.4, -0.2) is 24.5 Å². The summed E-state index contributed by atoms with van der Waals surface area (Å²) < 4.78 is 5.57. The Bertz CT molecular complexity index is 482. The molecule has 1 aromatic carbocycles. The summed E-state index contributed by atoms with van der Waals surface area (Å²) in [4.78, 5) is 22.7. The van der Waals surface area contributed by atoms with Gasteiger partial charge in [0.05, 0.1) is 18.1 Å². The Balaban J connectivity index is 2.83. The Morgan fingerprint density at radius 1 is 1.53 bits per heavy atom. The topological polar surface area (TPSA) is 81.4 Å². The Morgan fingerprint density at radius 3 is 2.74 bits per heavy atom. The van der Waals surface area contributed by atoms with Crippen LogP contribution >= 0.6 is 27.5 Å². The molecule has 0 saturated heterocycles. The van der Waals surface area contributed by atoms with E-state index in [2.05, 4.69) is 21.2 Å². The number of hydrogen-bond donors (Lipinski definition) is 2. The maximum atomic E-state index is 11.7. The van der Waals surface area contributed by atoms with Crippen molar-refractivity contribution in [3.63, 3.8) is 0 Å². The van der Waals surface area contributed by atoms with Crippen LogP contribution in [0.15, 0.2) is 22.7 Å². The van der Waals surface area contributed by atoms with E-state index in [1.54, 1.807) is 25.1 Å². The number of carbonyl (C=O) groups excluding carboxylic acids is 2. The maximum Gasteiger partial charge on any atom is 0.329 e. The number of amides is 1. The highest BCUT2D eigenvalue weighted by molar-refractivity contribution is 9.10. The first-order valence-electron chi connectivity index (χ1n) is 5.60. The van der Waals surface area contributed by atoms with E-state index in [0.717, 1.165) is 0 Å². The van der Waals surface area contributed by atoms with E-state index >= 15 is 0 Å². The molecule has 1 unspecified atom stereocenters. The summed E-state index contributed by atoms with van der Waals surface area (Å²) in [6.45, 7) is 1.93. The number of primary amides is 1. The van der Waals surface area contributed by atoms with Crippen LogP contribution in [0.2, 0.25) is 5.02 Å². The number of hydrogen-bond acceptors (Lipinski definition) is 4. The Labute approximate surface area is 124 Å². The Kier molecular flexibility index (Phi) is 6.11. The zero-order valence-electron chi connectivity index (χ0n) is 10.3. The first kappa shape index (κ1) is 15.8. The molecular formula is C12H14BrClN2O3. The molecule has 1 amide bonds. The zero-order chi connectivity index (χ0) is 14.4. The molecule has 0 radical (unpaired) electrons. The van der Waals surface area contributed by atoms with E-state index in [4.69, 9.17) is 22.1 Å². The molecule has 0 aliphatic rings. The molecule has 19 heavy (non-hydrogen) atoms. The summed E-state index contributed by atoms with van der Waals surface area (Å²) in [5.41, 5.74) is 5.75. The predicted octanol–water partition coefficient (Wildman–Crippen LogP) is 2.32. The molecule has 1 atom stereocenters. The van der Waals surface area contributed by atoms with E-state index in [1.807, 2.05) is 0 Å². The number of anilines is 1. The number of nitrogens with one attached hydrogen (secondary N) is 1. The van der Waals surface area contributed by atoms with Crippen molar-refractivity contribution >= 4 is 45.1 Å². The van der Waals surface area contributed by atoms with E-state index in [0.29, 0.717) is 15.2 Å². The molecule has 0 saturated carbocycles. The lowest BCUT2D eigenvalue weighted by atomic mass is 10.2. The molecular weight excluding hydrogens is 336 g/mol. The first-order valence-corrected chi connectivity index (χ1v) is 6.77. The standard InChI is InChI=1S/C12H14BrClN2O3/c1-2-19-12(18)10(6-11(15)17)16-7-3-4-9(14)8(13)5-7/h3-5,10,16H,2,6H2,1H3,(H2,15,17). The SMILES string of the molecule is CCOC(=O)C(CC(N)=O)Nc1ccc(Cl)c(Br)c1. The van der Waals surface area contributed by atoms with E-state index < -0.39 is 17.9 Å². The maximum absolute atomic E-state index is 11.7. The number of halogens is 2. The van der Waals surface area contributed by atoms with Crippen molar-refractivity contribution in [1.29, 1.82) is 0 Å². The van der Waals surface area contributed by atoms with Gasteiger partial charge in [0.1, 0.15) is 6.04 Å². The molecule has 0 heterocycles. The zero-order valence-corrected chi connectivity index (χ0v) is 12.6. The van der Waals surface area contributed by atoms with Gasteiger partial charge >= 0.3 is 5.97 Å². The average molecular weight is 350 g/mol. The van der Waals surface area contributed by atoms with Crippen molar-refractivity contribution in [2.24, 2.45) is 5.73 Å². The highest BCUT2D eigenvalue weighted by Crippen LogP contribution is 2.26. The van der Waals surface area contributed by atoms with Gasteiger partial charge in [0, 0.05) is 10.2 Å². The second-order valence-electron chi connectivity index (χ2n) is 3.75. The van der Waals surface area contributed by atoms with Crippen LogP contribution in [0.1, 0.15) is 13.3 Å². The third-order valence-corrected chi connectivity index (χ3v) is 3.45. The number of rotatable bonds is 6. The van der Waals surface area contributed by atoms with Gasteiger partial charge in [0.2, 0.25) is 5.91 Å². The Morgan fingerprint density at radius 2 is 2.21 bits per heavy atom. The quantitative estimate of drug-likeness (QED) is 0.772. The lowest BCUT2D eigenvalue weighted by molar-refractivity contribution is -0.145. The Hall–Kier alpha value is -1.27. The van der Waals surface area contributed by atoms with Crippen molar-refractivity contribution < 1.29 is 14.3 Å². The molecule has 0 aromatic heterocycles. The van der Waals surface area contributed by atoms with Crippen molar-refractivity contribution in [3.8, 4) is 0 Å². The van der Waals surface area contributed by atoms with E-state index in [1.165, 1.54) is 0 Å². The molecule has 0 aliphatic carbocycles. The molecule has 1 rings (SSSR count). The van der Waals surface area contributed by atoms with Gasteiger partial charge in [-0.2, -0.15) is 0 Å². The van der Waals surface area contributed by atoms with Crippen molar-refractivity contribution in [2.75, 3.05) is 11.9 Å². The van der Waals surface area contributed by atoms with Crippen LogP contribution in [-0.2, 0) is 14.3 Å². The molecule has 1 aromatic rings. The molecule has 0 spiro atoms. The van der Waals surface area contributed by atoms with E-state index in [-0.39, 0.29) is 13.0 Å². The largest absolute Gasteiger partial charge is 0.464 e. The smallest absolute Gasteiger partial charge is 0.329 e. The molecule has 0 fully saturated rings. The van der Waals surface area contributed by atoms with Crippen molar-refractivity contribution in [2.45, 2.75) is 19.4 Å². The normalized spacial score (nSPS) is 11.7. The average Bonchev–Trinajstić information content (AvgIpc) is 2.33. The number of carbonyl (C=O) groups is 2. The summed E-state index contributed by atoms with van der Waals surface area (Å²) in [7, 11) is 0. The highest BCUT2D eigenvalue weighted by Gasteiger charge is 2.22. The van der Waals surface area contributed by atoms with Gasteiger partial charge in [-0.25, -0.2) is 4.79 Å². The first-order chi connectivity index (χ1) is 8.93. The van der Waals surface area contributed by atoms with Crippen molar-refractivity contribution in [1.82, 2.24) is 0 Å². The fourth-order valence-corrected chi connectivity index (χ4v) is 1.92. The van der Waals surface area contributed by atoms with Crippen LogP contribution < -0.4 is 11.1 Å². The van der Waals surface area contributed by atoms with E-state index in [9.17, 15) is 9.59 Å². The van der Waals surface area contributed by atoms with Crippen LogP contribution in [0.25, 0.3) is 0 Å². The lowest BCUT2D eigenvalue weighted by Crippen LogP contribution is -2.35. The molecule has 5 nitrogen and oxygen atoms in total. The summed E-state index contributed by atoms with van der Waals surface area (Å²) in [6.07, 6.45) is -0.140. The lowest BCUT2D eigenvalue weighted by Gasteiger charge is -2.17. The van der Waals surface area contributed by atoms with Gasteiger partial charge < -0.3 is 15.8 Å². The number of benzene rings is 1. The van der Waals surface area contributed by atoms with Crippen LogP contribution in [0, 0.1) is 0 Å². The van der Waals surface area contributed by atoms with Gasteiger partial charge in [0.25, 0.3) is 0 Å². The minimum Gasteiger partial charge on any atom is -0.464 e. The molecule has 104 valence electrons. The second kappa shape index (κ2) is 7.35. The minimum atomic E-state index is -0.814. The molecule has 0 bridgehead atoms. The van der Waals surface area contributed by atoms with Gasteiger partial charge in [-0.1, -0.05) is 11.6 Å². The third kappa shape index (κ3) is 5.08. The van der Waals surface area contributed by atoms with Gasteiger partial charge in [-0.3, -0.25) is 4.79 Å². The molecule has 7 heteroatoms. The van der Waals surface area contributed by atoms with Crippen LogP contribution in [0.4, 0.5) is 5.69 Å². The van der Waals surface area contributed by atoms with Gasteiger partial charge in [-0.05, 0) is 41.1 Å². The van der Waals surface area contributed by atoms with Crippen LogP contribution in [0.3, 0.4) is 0 Å². The predicted molar refractivity (Wildman–Crippen MR) is 77.0 cm³/mol. The molecule has 0 aliphatic heterocycles. The third-order valence-electron chi connectivity index (χ3n) is 2.24. The summed E-state index contributed by atoms with van der Waals surface area (Å²) in [5.74, 6) is -1.11. The fraction of sp³-hybridized carbons (Fsp3) is 0.333. The molecule has 3 N–H and O–H groups in total. The number of nitrogens with two attached hydrogens (primary N) is 1. The van der Waals surface area contributed by atoms with Gasteiger partial charge in [0.15, 0.2) is 0 Å². The number of ether oxygens (including phenoxy) is 1. The fourth-order valence-electron chi connectivity index (χ4n) is 1.42. The van der Waals surface area contributed by atoms with Crippen LogP contribution in [0.5, 0.6) is 0 Å². The minimum absolute atomic E-state index is 0.140. The second-order valence-corrected chi connectivity index (χ2v) is 5.01. The van der Waals surface area contributed by atoms with Gasteiger partial charge in [-0.15, -0.1) is 0 Å². The summed E-state index contributed by atoms with van der Waals surface area (Å²) in [5, 5.41) is 3.45. The summed E-state index contributed by atoms with van der Waals surface area (Å²) in [6, 6.07) is 4.25. The van der Waals surface area contributed by atoms with Crippen molar-refractivity contribution in [3.05, 3.63) is 27.7 Å². The summed E-state index contributed by atoms with van der Waals surface area (Å²) >= 11 is 9.15. The highest BCUT2D eigenvalue weighted by atomic mass is 79.9. The number of esters is 1. The monoisotopic (exact) mass is 348 g/mol.